The van der Waals surface area contributed by atoms with Crippen LogP contribution in [0.1, 0.15) is 19.8 Å². The highest BCUT2D eigenvalue weighted by Crippen LogP contribution is 1.98. The first-order valence-electron chi connectivity index (χ1n) is 3.40. The highest BCUT2D eigenvalue weighted by atomic mass is 32.2. The monoisotopic (exact) mass is 196 g/mol. The van der Waals surface area contributed by atoms with E-state index in [0.717, 1.165) is 0 Å². The Morgan fingerprint density at radius 1 is 1.36 bits per heavy atom. The molecule has 0 atom stereocenters. The van der Waals surface area contributed by atoms with Gasteiger partial charge in [0.25, 0.3) is 0 Å². The van der Waals surface area contributed by atoms with Gasteiger partial charge in [-0.05, 0) is 6.42 Å². The molecule has 0 spiro atoms. The summed E-state index contributed by atoms with van der Waals surface area (Å²) in [6.07, 6.45) is 0.620. The number of carbonyl (C=O) groups is 1. The summed E-state index contributed by atoms with van der Waals surface area (Å²) in [5.74, 6) is 0.0945. The Kier molecular flexibility index (Phi) is 4.76. The van der Waals surface area contributed by atoms with Crippen molar-refractivity contribution in [3.05, 3.63) is 0 Å². The van der Waals surface area contributed by atoms with Crippen LogP contribution in [0.4, 0.5) is 0 Å². The van der Waals surface area contributed by atoms with Crippen LogP contribution in [-0.4, -0.2) is 25.0 Å². The molecule has 66 valence electrons. The van der Waals surface area contributed by atoms with E-state index in [4.69, 9.17) is 0 Å². The molecule has 5 heteroatoms. The van der Waals surface area contributed by atoms with Crippen molar-refractivity contribution in [1.82, 2.24) is 0 Å². The van der Waals surface area contributed by atoms with Crippen molar-refractivity contribution < 1.29 is 13.2 Å². The summed E-state index contributed by atoms with van der Waals surface area (Å²) in [4.78, 5) is 10.3. The van der Waals surface area contributed by atoms with Gasteiger partial charge in [0.1, 0.15) is 0 Å². The van der Waals surface area contributed by atoms with Gasteiger partial charge in [-0.1, -0.05) is 6.92 Å². The van der Waals surface area contributed by atoms with Gasteiger partial charge in [0.2, 0.25) is 0 Å². The molecular formula is C6H12O3S2. The third-order valence-corrected chi connectivity index (χ3v) is 3.22. The zero-order chi connectivity index (χ0) is 8.91. The van der Waals surface area contributed by atoms with Crippen molar-refractivity contribution in [2.45, 2.75) is 19.8 Å². The van der Waals surface area contributed by atoms with Gasteiger partial charge < -0.3 is 0 Å². The standard InChI is InChI=1S/C6H12O3S2/c1-2-4-11(8,9)5-3-6(7)10/h2-5H2,1H3,(H,7,10). The van der Waals surface area contributed by atoms with E-state index >= 15 is 0 Å². The van der Waals surface area contributed by atoms with Crippen LogP contribution in [0.3, 0.4) is 0 Å². The maximum Gasteiger partial charge on any atom is 0.186 e. The Morgan fingerprint density at radius 3 is 2.27 bits per heavy atom. The molecule has 0 radical (unpaired) electrons. The molecule has 0 aliphatic rings. The minimum absolute atomic E-state index is 0.0193. The number of sulfone groups is 1. The smallest absolute Gasteiger partial charge is 0.186 e. The summed E-state index contributed by atoms with van der Waals surface area (Å²) in [6, 6.07) is 0. The van der Waals surface area contributed by atoms with Gasteiger partial charge in [-0.3, -0.25) is 4.79 Å². The first-order chi connectivity index (χ1) is 4.98. The van der Waals surface area contributed by atoms with Gasteiger partial charge in [0.05, 0.1) is 5.75 Å². The van der Waals surface area contributed by atoms with Crippen LogP contribution in [0.5, 0.6) is 0 Å². The van der Waals surface area contributed by atoms with Crippen molar-refractivity contribution in [2.24, 2.45) is 0 Å². The first kappa shape index (κ1) is 11.0. The molecule has 0 N–H and O–H groups in total. The third kappa shape index (κ3) is 6.37. The number of rotatable bonds is 5. The third-order valence-electron chi connectivity index (χ3n) is 1.14. The molecule has 0 aromatic carbocycles. The molecule has 0 amide bonds. The van der Waals surface area contributed by atoms with Crippen LogP contribution in [0.2, 0.25) is 0 Å². The van der Waals surface area contributed by atoms with Crippen molar-refractivity contribution in [1.29, 1.82) is 0 Å². The molecule has 0 heterocycles. The fourth-order valence-electron chi connectivity index (χ4n) is 0.656. The van der Waals surface area contributed by atoms with E-state index in [-0.39, 0.29) is 23.0 Å². The molecule has 3 nitrogen and oxygen atoms in total. The van der Waals surface area contributed by atoms with Gasteiger partial charge >= 0.3 is 0 Å². The second kappa shape index (κ2) is 4.77. The van der Waals surface area contributed by atoms with E-state index in [0.29, 0.717) is 6.42 Å². The Hall–Kier alpha value is -0.0300. The summed E-state index contributed by atoms with van der Waals surface area (Å²) >= 11 is 3.47. The SMILES string of the molecule is CCCS(=O)(=O)CCC(=O)S. The van der Waals surface area contributed by atoms with E-state index < -0.39 is 9.84 Å². The maximum atomic E-state index is 10.9. The van der Waals surface area contributed by atoms with Crippen LogP contribution >= 0.6 is 12.6 Å². The molecule has 0 aromatic rings. The minimum Gasteiger partial charge on any atom is -0.287 e. The molecule has 0 unspecified atom stereocenters. The summed E-state index contributed by atoms with van der Waals surface area (Å²) in [5, 5.41) is -0.371. The minimum atomic E-state index is -3.00. The Labute approximate surface area is 72.5 Å². The zero-order valence-electron chi connectivity index (χ0n) is 6.41. The molecular weight excluding hydrogens is 184 g/mol. The molecule has 0 aliphatic heterocycles. The summed E-state index contributed by atoms with van der Waals surface area (Å²) < 4.78 is 21.9. The molecule has 0 rings (SSSR count). The van der Waals surface area contributed by atoms with Gasteiger partial charge in [0.15, 0.2) is 15.0 Å². The van der Waals surface area contributed by atoms with E-state index in [1.807, 2.05) is 0 Å². The molecule has 0 aromatic heterocycles. The normalized spacial score (nSPS) is 11.5. The van der Waals surface area contributed by atoms with Gasteiger partial charge in [0, 0.05) is 12.2 Å². The Balaban J connectivity index is 3.84. The Bertz CT molecular complexity index is 218. The Morgan fingerprint density at radius 2 is 1.91 bits per heavy atom. The lowest BCUT2D eigenvalue weighted by molar-refractivity contribution is -0.110. The van der Waals surface area contributed by atoms with Gasteiger partial charge in [-0.25, -0.2) is 8.42 Å². The molecule has 0 bridgehead atoms. The number of hydrogen-bond donors (Lipinski definition) is 1. The lowest BCUT2D eigenvalue weighted by atomic mass is 10.5. The summed E-state index contributed by atoms with van der Waals surface area (Å²) in [5.41, 5.74) is 0. The average Bonchev–Trinajstić information content (AvgIpc) is 1.84. The topological polar surface area (TPSA) is 51.2 Å². The first-order valence-corrected chi connectivity index (χ1v) is 5.67. The second-order valence-electron chi connectivity index (χ2n) is 2.30. The van der Waals surface area contributed by atoms with Gasteiger partial charge in [-0.15, -0.1) is 12.6 Å². The molecule has 0 saturated carbocycles. The summed E-state index contributed by atoms with van der Waals surface area (Å²) in [6.45, 7) is 1.79. The lowest BCUT2D eigenvalue weighted by Crippen LogP contribution is -2.12. The quantitative estimate of drug-likeness (QED) is 0.657. The fourth-order valence-corrected chi connectivity index (χ4v) is 2.24. The van der Waals surface area contributed by atoms with E-state index in [9.17, 15) is 13.2 Å². The van der Waals surface area contributed by atoms with E-state index in [1.165, 1.54) is 0 Å². The second-order valence-corrected chi connectivity index (χ2v) is 5.10. The molecule has 0 saturated heterocycles. The zero-order valence-corrected chi connectivity index (χ0v) is 8.12. The molecule has 0 aliphatic carbocycles. The maximum absolute atomic E-state index is 10.9. The molecule has 11 heavy (non-hydrogen) atoms. The average molecular weight is 196 g/mol. The van der Waals surface area contributed by atoms with Crippen LogP contribution < -0.4 is 0 Å². The van der Waals surface area contributed by atoms with Crippen molar-refractivity contribution in [2.75, 3.05) is 11.5 Å². The number of carbonyl (C=O) groups excluding carboxylic acids is 1. The number of hydrogen-bond acceptors (Lipinski definition) is 3. The van der Waals surface area contributed by atoms with Crippen molar-refractivity contribution >= 4 is 27.6 Å². The van der Waals surface area contributed by atoms with Crippen LogP contribution in [0, 0.1) is 0 Å². The van der Waals surface area contributed by atoms with Crippen molar-refractivity contribution in [3.8, 4) is 0 Å². The fraction of sp³-hybridized carbons (Fsp3) is 0.833. The van der Waals surface area contributed by atoms with E-state index in [1.54, 1.807) is 6.92 Å². The van der Waals surface area contributed by atoms with Crippen LogP contribution in [0.15, 0.2) is 0 Å². The highest BCUT2D eigenvalue weighted by molar-refractivity contribution is 7.96. The molecule has 0 fully saturated rings. The largest absolute Gasteiger partial charge is 0.287 e. The van der Waals surface area contributed by atoms with Gasteiger partial charge in [-0.2, -0.15) is 0 Å². The number of thiol groups is 1. The lowest BCUT2D eigenvalue weighted by Gasteiger charge is -1.98. The highest BCUT2D eigenvalue weighted by Gasteiger charge is 2.09. The van der Waals surface area contributed by atoms with Crippen molar-refractivity contribution in [3.63, 3.8) is 0 Å². The van der Waals surface area contributed by atoms with Crippen LogP contribution in [-0.2, 0) is 14.6 Å². The predicted octanol–water partition coefficient (Wildman–Crippen LogP) is 0.658. The predicted molar refractivity (Wildman–Crippen MR) is 47.6 cm³/mol. The van der Waals surface area contributed by atoms with Crippen LogP contribution in [0.25, 0.3) is 0 Å². The summed E-state index contributed by atoms with van der Waals surface area (Å²) in [7, 11) is -3.00. The van der Waals surface area contributed by atoms with E-state index in [2.05, 4.69) is 12.6 Å².